The third-order valence-corrected chi connectivity index (χ3v) is 3.28. The van der Waals surface area contributed by atoms with Crippen molar-refractivity contribution in [3.8, 4) is 0 Å². The van der Waals surface area contributed by atoms with Crippen LogP contribution in [0.15, 0.2) is 41.6 Å². The second-order valence-corrected chi connectivity index (χ2v) is 4.73. The molecule has 0 aliphatic carbocycles. The Bertz CT molecular complexity index is 516. The average Bonchev–Trinajstić information content (AvgIpc) is 2.75. The van der Waals surface area contributed by atoms with Crippen molar-refractivity contribution in [1.29, 1.82) is 0 Å². The van der Waals surface area contributed by atoms with Crippen LogP contribution in [0, 0.1) is 0 Å². The van der Waals surface area contributed by atoms with Gasteiger partial charge in [0.1, 0.15) is 0 Å². The third kappa shape index (κ3) is 2.97. The molecule has 0 N–H and O–H groups in total. The second-order valence-electron chi connectivity index (χ2n) is 3.85. The number of carbonyl (C=O) groups is 1. The molecule has 0 amide bonds. The van der Waals surface area contributed by atoms with E-state index >= 15 is 0 Å². The van der Waals surface area contributed by atoms with Gasteiger partial charge in [0.05, 0.1) is 6.20 Å². The molecule has 0 aliphatic rings. The Balaban J connectivity index is 2.09. The zero-order valence-electron chi connectivity index (χ0n) is 9.88. The fraction of sp³-hybridized carbons (Fsp3) is 0.231. The number of hydrogen-bond acceptors (Lipinski definition) is 3. The summed E-state index contributed by atoms with van der Waals surface area (Å²) in [4.78, 5) is 13.1. The first-order valence-corrected chi connectivity index (χ1v) is 6.56. The molecule has 2 aromatic rings. The molecule has 0 fully saturated rings. The summed E-state index contributed by atoms with van der Waals surface area (Å²) in [6.45, 7) is 0. The molecule has 0 saturated heterocycles. The number of thioether (sulfide) groups is 1. The van der Waals surface area contributed by atoms with Gasteiger partial charge in [-0.05, 0) is 24.0 Å². The highest BCUT2D eigenvalue weighted by atomic mass is 32.2. The lowest BCUT2D eigenvalue weighted by Gasteiger charge is -2.00. The van der Waals surface area contributed by atoms with Crippen molar-refractivity contribution in [2.75, 3.05) is 6.26 Å². The number of rotatable bonds is 4. The number of ketones is 1. The standard InChI is InChI=1S/C13H14N2OS/c1-15-9-10(8-14-15)7-13(16)11-3-5-12(17-2)6-4-11/h3-6,8-9H,7H2,1-2H3. The largest absolute Gasteiger partial charge is 0.294 e. The molecule has 0 spiro atoms. The molecule has 88 valence electrons. The van der Waals surface area contributed by atoms with E-state index < -0.39 is 0 Å². The highest BCUT2D eigenvalue weighted by molar-refractivity contribution is 7.98. The Kier molecular flexibility index (Phi) is 3.64. The van der Waals surface area contributed by atoms with Crippen LogP contribution in [-0.4, -0.2) is 21.8 Å². The second kappa shape index (κ2) is 5.19. The Labute approximate surface area is 105 Å². The fourth-order valence-electron chi connectivity index (χ4n) is 1.63. The van der Waals surface area contributed by atoms with Crippen molar-refractivity contribution in [1.82, 2.24) is 9.78 Å². The summed E-state index contributed by atoms with van der Waals surface area (Å²) in [6, 6.07) is 7.71. The van der Waals surface area contributed by atoms with Crippen LogP contribution in [0.5, 0.6) is 0 Å². The minimum absolute atomic E-state index is 0.130. The van der Waals surface area contributed by atoms with Gasteiger partial charge < -0.3 is 0 Å². The van der Waals surface area contributed by atoms with Crippen LogP contribution in [0.3, 0.4) is 0 Å². The minimum Gasteiger partial charge on any atom is -0.294 e. The smallest absolute Gasteiger partial charge is 0.167 e. The summed E-state index contributed by atoms with van der Waals surface area (Å²) in [7, 11) is 1.85. The Morgan fingerprint density at radius 1 is 1.35 bits per heavy atom. The van der Waals surface area contributed by atoms with E-state index in [-0.39, 0.29) is 5.78 Å². The summed E-state index contributed by atoms with van der Waals surface area (Å²) < 4.78 is 1.71. The van der Waals surface area contributed by atoms with Gasteiger partial charge >= 0.3 is 0 Å². The van der Waals surface area contributed by atoms with Gasteiger partial charge in [0, 0.05) is 30.1 Å². The number of nitrogens with zero attached hydrogens (tertiary/aromatic N) is 2. The molecule has 0 atom stereocenters. The van der Waals surface area contributed by atoms with E-state index in [4.69, 9.17) is 0 Å². The summed E-state index contributed by atoms with van der Waals surface area (Å²) in [5.74, 6) is 0.130. The molecule has 0 aliphatic heterocycles. The van der Waals surface area contributed by atoms with Crippen molar-refractivity contribution in [3.63, 3.8) is 0 Å². The first-order chi connectivity index (χ1) is 8.19. The van der Waals surface area contributed by atoms with E-state index in [0.717, 1.165) is 11.1 Å². The lowest BCUT2D eigenvalue weighted by atomic mass is 10.1. The Morgan fingerprint density at radius 3 is 2.59 bits per heavy atom. The molecule has 1 aromatic heterocycles. The molecular formula is C13H14N2OS. The van der Waals surface area contributed by atoms with Crippen molar-refractivity contribution in [2.24, 2.45) is 7.05 Å². The maximum atomic E-state index is 12.0. The van der Waals surface area contributed by atoms with Gasteiger partial charge in [-0.15, -0.1) is 11.8 Å². The third-order valence-electron chi connectivity index (χ3n) is 2.54. The number of carbonyl (C=O) groups excluding carboxylic acids is 1. The SMILES string of the molecule is CSc1ccc(C(=O)Cc2cnn(C)c2)cc1. The molecule has 0 unspecified atom stereocenters. The fourth-order valence-corrected chi connectivity index (χ4v) is 2.04. The lowest BCUT2D eigenvalue weighted by Crippen LogP contribution is -2.02. The number of hydrogen-bond donors (Lipinski definition) is 0. The Morgan fingerprint density at radius 2 is 2.06 bits per heavy atom. The minimum atomic E-state index is 0.130. The Hall–Kier alpha value is -1.55. The van der Waals surface area contributed by atoms with Crippen LogP contribution in [0.1, 0.15) is 15.9 Å². The highest BCUT2D eigenvalue weighted by Gasteiger charge is 2.08. The maximum absolute atomic E-state index is 12.0. The topological polar surface area (TPSA) is 34.9 Å². The van der Waals surface area contributed by atoms with Crippen LogP contribution in [0.25, 0.3) is 0 Å². The maximum Gasteiger partial charge on any atom is 0.167 e. The van der Waals surface area contributed by atoms with E-state index in [1.807, 2.05) is 43.8 Å². The highest BCUT2D eigenvalue weighted by Crippen LogP contribution is 2.16. The first-order valence-electron chi connectivity index (χ1n) is 5.34. The van der Waals surface area contributed by atoms with Gasteiger partial charge in [-0.2, -0.15) is 5.10 Å². The molecule has 1 heterocycles. The molecule has 2 rings (SSSR count). The van der Waals surface area contributed by atoms with E-state index in [1.165, 1.54) is 4.90 Å². The van der Waals surface area contributed by atoms with Gasteiger partial charge in [0.2, 0.25) is 0 Å². The van der Waals surface area contributed by atoms with E-state index in [0.29, 0.717) is 6.42 Å². The summed E-state index contributed by atoms with van der Waals surface area (Å²) in [5.41, 5.74) is 1.71. The number of aryl methyl sites for hydroxylation is 1. The number of Topliss-reactive ketones (excluding diaryl/α,β-unsaturated/α-hetero) is 1. The van der Waals surface area contributed by atoms with Crippen LogP contribution < -0.4 is 0 Å². The van der Waals surface area contributed by atoms with Gasteiger partial charge in [-0.1, -0.05) is 12.1 Å². The molecule has 4 heteroatoms. The lowest BCUT2D eigenvalue weighted by molar-refractivity contribution is 0.0993. The quantitative estimate of drug-likeness (QED) is 0.614. The van der Waals surface area contributed by atoms with Crippen LogP contribution in [0.4, 0.5) is 0 Å². The zero-order valence-corrected chi connectivity index (χ0v) is 10.7. The predicted molar refractivity (Wildman–Crippen MR) is 69.5 cm³/mol. The molecule has 0 bridgehead atoms. The van der Waals surface area contributed by atoms with Crippen molar-refractivity contribution >= 4 is 17.5 Å². The molecule has 0 radical (unpaired) electrons. The zero-order chi connectivity index (χ0) is 12.3. The van der Waals surface area contributed by atoms with Gasteiger partial charge in [0.25, 0.3) is 0 Å². The molecule has 0 saturated carbocycles. The van der Waals surface area contributed by atoms with E-state index in [9.17, 15) is 4.79 Å². The predicted octanol–water partition coefficient (Wildman–Crippen LogP) is 2.57. The van der Waals surface area contributed by atoms with Gasteiger partial charge in [-0.25, -0.2) is 0 Å². The number of benzene rings is 1. The normalized spacial score (nSPS) is 10.5. The van der Waals surface area contributed by atoms with Gasteiger partial charge in [-0.3, -0.25) is 9.48 Å². The molecule has 3 nitrogen and oxygen atoms in total. The van der Waals surface area contributed by atoms with Crippen molar-refractivity contribution in [2.45, 2.75) is 11.3 Å². The van der Waals surface area contributed by atoms with Crippen LogP contribution >= 0.6 is 11.8 Å². The summed E-state index contributed by atoms with van der Waals surface area (Å²) in [5, 5.41) is 4.05. The summed E-state index contributed by atoms with van der Waals surface area (Å²) in [6.07, 6.45) is 6.03. The number of aromatic nitrogens is 2. The van der Waals surface area contributed by atoms with Crippen LogP contribution in [-0.2, 0) is 13.5 Å². The van der Waals surface area contributed by atoms with E-state index in [2.05, 4.69) is 5.10 Å². The average molecular weight is 246 g/mol. The van der Waals surface area contributed by atoms with Crippen LogP contribution in [0.2, 0.25) is 0 Å². The molecule has 17 heavy (non-hydrogen) atoms. The summed E-state index contributed by atoms with van der Waals surface area (Å²) >= 11 is 1.67. The molecular weight excluding hydrogens is 232 g/mol. The van der Waals surface area contributed by atoms with Crippen molar-refractivity contribution in [3.05, 3.63) is 47.8 Å². The molecule has 1 aromatic carbocycles. The first kappa shape index (κ1) is 11.9. The van der Waals surface area contributed by atoms with Crippen molar-refractivity contribution < 1.29 is 4.79 Å². The van der Waals surface area contributed by atoms with Gasteiger partial charge in [0.15, 0.2) is 5.78 Å². The van der Waals surface area contributed by atoms with E-state index in [1.54, 1.807) is 22.6 Å². The monoisotopic (exact) mass is 246 g/mol.